The van der Waals surface area contributed by atoms with Crippen molar-refractivity contribution in [2.45, 2.75) is 39.4 Å². The first-order valence-electron chi connectivity index (χ1n) is 17.5. The molecule has 0 unspecified atom stereocenters. The van der Waals surface area contributed by atoms with Crippen LogP contribution in [0.4, 0.5) is 0 Å². The molecule has 0 spiro atoms. The molecule has 0 amide bonds. The summed E-state index contributed by atoms with van der Waals surface area (Å²) in [6, 6.07) is 52.0. The van der Waals surface area contributed by atoms with Crippen molar-refractivity contribution in [2.75, 3.05) is 0 Å². The van der Waals surface area contributed by atoms with Gasteiger partial charge in [0.1, 0.15) is 5.58 Å². The number of pyridine rings is 2. The summed E-state index contributed by atoms with van der Waals surface area (Å²) in [5, 5.41) is 3.51. The normalized spacial score (nSPS) is 11.7. The first kappa shape index (κ1) is 34.5. The molecule has 0 fully saturated rings. The van der Waals surface area contributed by atoms with Gasteiger partial charge < -0.3 is 14.4 Å². The predicted octanol–water partition coefficient (Wildman–Crippen LogP) is 12.0. The minimum atomic E-state index is -1.29. The van der Waals surface area contributed by atoms with E-state index in [2.05, 4.69) is 121 Å². The van der Waals surface area contributed by atoms with Crippen LogP contribution in [0.1, 0.15) is 26.7 Å². The summed E-state index contributed by atoms with van der Waals surface area (Å²) in [7, 11) is -1.29. The maximum atomic E-state index is 8.29. The third kappa shape index (κ3) is 8.02. The maximum absolute atomic E-state index is 8.29. The summed E-state index contributed by atoms with van der Waals surface area (Å²) in [5.74, 6) is -0.675. The molecule has 0 N–H and O–H groups in total. The molecule has 0 saturated heterocycles. The molecule has 3 nitrogen and oxygen atoms in total. The van der Waals surface area contributed by atoms with E-state index in [1.165, 1.54) is 16.3 Å². The molecular formula is C46H40IrN2OSi-2. The summed E-state index contributed by atoms with van der Waals surface area (Å²) in [4.78, 5) is 9.15. The van der Waals surface area contributed by atoms with Gasteiger partial charge in [0.05, 0.1) is 13.7 Å². The Morgan fingerprint density at radius 2 is 1.39 bits per heavy atom. The summed E-state index contributed by atoms with van der Waals surface area (Å²) >= 11 is 0. The van der Waals surface area contributed by atoms with Crippen molar-refractivity contribution < 1.29 is 25.9 Å². The molecular weight excluding hydrogens is 817 g/mol. The molecule has 0 atom stereocenters. The fourth-order valence-electron chi connectivity index (χ4n) is 6.04. The monoisotopic (exact) mass is 858 g/mol. The first-order chi connectivity index (χ1) is 24.5. The number of hydrogen-bond acceptors (Lipinski definition) is 3. The molecule has 0 bridgehead atoms. The van der Waals surface area contributed by atoms with E-state index in [1.54, 1.807) is 6.20 Å². The standard InChI is InChI=1S/C26H20NO.C20H20NSi.Ir/c1-17(2)19-13-14-27-24(15-19)20-11-12-22-23-10-6-9-21(18-7-4-3-5-8-18)26(23)28-25(22)16-20;1-22(2,3)19-12-13-20(21-15-19)18-11-7-10-17(14-18)16-8-5-4-6-9-16;/h3-10,12-17H,1-2H3;4-10,12-15H,1-3H3;/q2*-1;/i17D;;. The summed E-state index contributed by atoms with van der Waals surface area (Å²) < 4.78 is 14.6. The molecule has 5 aromatic carbocycles. The third-order valence-corrected chi connectivity index (χ3v) is 11.0. The minimum absolute atomic E-state index is 0. The molecule has 51 heavy (non-hydrogen) atoms. The average molecular weight is 858 g/mol. The van der Waals surface area contributed by atoms with Gasteiger partial charge in [-0.2, -0.15) is 0 Å². The Bertz CT molecular complexity index is 2430. The van der Waals surface area contributed by atoms with E-state index in [-0.39, 0.29) is 20.1 Å². The molecule has 0 aliphatic carbocycles. The van der Waals surface area contributed by atoms with Crippen LogP contribution in [0.3, 0.4) is 0 Å². The van der Waals surface area contributed by atoms with Gasteiger partial charge in [-0.1, -0.05) is 148 Å². The Kier molecular flexibility index (Phi) is 10.5. The van der Waals surface area contributed by atoms with Crippen LogP contribution in [-0.4, -0.2) is 18.0 Å². The maximum Gasteiger partial charge on any atom is 0.131 e. The van der Waals surface area contributed by atoms with Crippen molar-refractivity contribution in [3.8, 4) is 44.8 Å². The number of aromatic nitrogens is 2. The molecule has 5 heteroatoms. The van der Waals surface area contributed by atoms with E-state index >= 15 is 0 Å². The van der Waals surface area contributed by atoms with Crippen LogP contribution in [-0.2, 0) is 20.1 Å². The van der Waals surface area contributed by atoms with Crippen molar-refractivity contribution in [2.24, 2.45) is 0 Å². The molecule has 3 heterocycles. The molecule has 0 aliphatic rings. The number of nitrogens with zero attached hydrogens (tertiary/aromatic N) is 2. The fraction of sp³-hybridized carbons (Fsp3) is 0.130. The topological polar surface area (TPSA) is 38.9 Å². The molecule has 8 rings (SSSR count). The molecule has 0 aliphatic heterocycles. The summed E-state index contributed by atoms with van der Waals surface area (Å²) in [6.45, 7) is 10.8. The fourth-order valence-corrected chi connectivity index (χ4v) is 7.07. The number of benzene rings is 5. The number of rotatable bonds is 6. The van der Waals surface area contributed by atoms with Crippen molar-refractivity contribution in [3.05, 3.63) is 164 Å². The molecule has 255 valence electrons. The SMILES string of the molecule is C[Si](C)(C)c1ccc(-c2[c-]ccc(-c3ccccc3)c2)nc1.[2H]C(C)(C)c1ccnc(-c2[c-]cc3c(c2)oc2c(-c4ccccc4)cccc23)c1.[Ir]. The Balaban J connectivity index is 0.000000182. The zero-order chi connectivity index (χ0) is 35.6. The van der Waals surface area contributed by atoms with Crippen LogP contribution < -0.4 is 5.19 Å². The second-order valence-electron chi connectivity index (χ2n) is 13.7. The van der Waals surface area contributed by atoms with Gasteiger partial charge in [-0.15, -0.1) is 53.1 Å². The van der Waals surface area contributed by atoms with E-state index in [1.807, 2.05) is 74.6 Å². The van der Waals surface area contributed by atoms with Gasteiger partial charge in [0, 0.05) is 39.4 Å². The Labute approximate surface area is 317 Å². The quantitative estimate of drug-likeness (QED) is 0.124. The van der Waals surface area contributed by atoms with Gasteiger partial charge >= 0.3 is 0 Å². The van der Waals surface area contributed by atoms with Gasteiger partial charge in [-0.05, 0) is 45.0 Å². The zero-order valence-electron chi connectivity index (χ0n) is 30.5. The van der Waals surface area contributed by atoms with Crippen LogP contribution in [0.25, 0.3) is 66.7 Å². The third-order valence-electron chi connectivity index (χ3n) is 8.94. The van der Waals surface area contributed by atoms with Crippen LogP contribution >= 0.6 is 0 Å². The second kappa shape index (κ2) is 15.5. The van der Waals surface area contributed by atoms with Gasteiger partial charge in [-0.3, -0.25) is 0 Å². The predicted molar refractivity (Wildman–Crippen MR) is 212 cm³/mol. The molecule has 8 aromatic rings. The number of hydrogen-bond donors (Lipinski definition) is 0. The first-order valence-corrected chi connectivity index (χ1v) is 20.5. The van der Waals surface area contributed by atoms with E-state index in [0.717, 1.165) is 61.1 Å². The van der Waals surface area contributed by atoms with Crippen LogP contribution in [0, 0.1) is 12.1 Å². The van der Waals surface area contributed by atoms with Crippen molar-refractivity contribution in [1.82, 2.24) is 9.97 Å². The van der Waals surface area contributed by atoms with Crippen molar-refractivity contribution in [1.29, 1.82) is 0 Å². The van der Waals surface area contributed by atoms with E-state index in [9.17, 15) is 0 Å². The van der Waals surface area contributed by atoms with E-state index < -0.39 is 14.0 Å². The van der Waals surface area contributed by atoms with Gasteiger partial charge in [0.15, 0.2) is 0 Å². The minimum Gasteiger partial charge on any atom is -0.476 e. The second-order valence-corrected chi connectivity index (χ2v) is 18.8. The summed E-state index contributed by atoms with van der Waals surface area (Å²) in [5.41, 5.74) is 10.9. The van der Waals surface area contributed by atoms with E-state index in [4.69, 9.17) is 5.79 Å². The largest absolute Gasteiger partial charge is 0.476 e. The van der Waals surface area contributed by atoms with Crippen LogP contribution in [0.5, 0.6) is 0 Å². The average Bonchev–Trinajstić information content (AvgIpc) is 3.54. The Morgan fingerprint density at radius 3 is 2.08 bits per heavy atom. The molecule has 1 radical (unpaired) electrons. The molecule has 0 saturated carbocycles. The Morgan fingerprint density at radius 1 is 0.667 bits per heavy atom. The smallest absolute Gasteiger partial charge is 0.131 e. The van der Waals surface area contributed by atoms with Crippen LogP contribution in [0.2, 0.25) is 19.6 Å². The van der Waals surface area contributed by atoms with Crippen molar-refractivity contribution >= 4 is 35.2 Å². The number of para-hydroxylation sites is 1. The van der Waals surface area contributed by atoms with Gasteiger partial charge in [-0.25, -0.2) is 0 Å². The number of fused-ring (bicyclic) bond motifs is 3. The van der Waals surface area contributed by atoms with Gasteiger partial charge in [0.2, 0.25) is 0 Å². The summed E-state index contributed by atoms with van der Waals surface area (Å²) in [6.07, 6.45) is 3.79. The van der Waals surface area contributed by atoms with E-state index in [0.29, 0.717) is 0 Å². The zero-order valence-corrected chi connectivity index (χ0v) is 32.9. The molecule has 3 aromatic heterocycles. The number of furan rings is 1. The van der Waals surface area contributed by atoms with Crippen molar-refractivity contribution in [3.63, 3.8) is 0 Å². The van der Waals surface area contributed by atoms with Gasteiger partial charge in [0.25, 0.3) is 0 Å². The Hall–Kier alpha value is -4.93. The van der Waals surface area contributed by atoms with Crippen LogP contribution in [0.15, 0.2) is 150 Å².